The van der Waals surface area contributed by atoms with Crippen molar-refractivity contribution in [1.29, 1.82) is 0 Å². The van der Waals surface area contributed by atoms with E-state index in [0.29, 0.717) is 16.3 Å². The number of anilines is 1. The standard InChI is InChI=1S/C15H14ClFN2O2/c1-19(8-9-6-11(18)3-4-13(9)16)15(21)12-7-10(17)2-5-14(12)20/h2-7,20H,8,18H2,1H3. The van der Waals surface area contributed by atoms with E-state index in [0.717, 1.165) is 18.2 Å². The number of hydrogen-bond donors (Lipinski definition) is 2. The van der Waals surface area contributed by atoms with E-state index in [9.17, 15) is 14.3 Å². The molecule has 0 aliphatic rings. The number of halogens is 2. The first-order valence-corrected chi connectivity index (χ1v) is 6.54. The molecule has 2 aromatic rings. The van der Waals surface area contributed by atoms with Gasteiger partial charge in [0.25, 0.3) is 5.91 Å². The number of nitrogens with two attached hydrogens (primary N) is 1. The third kappa shape index (κ3) is 3.44. The zero-order valence-corrected chi connectivity index (χ0v) is 12.1. The smallest absolute Gasteiger partial charge is 0.257 e. The van der Waals surface area contributed by atoms with E-state index in [1.165, 1.54) is 11.9 Å². The van der Waals surface area contributed by atoms with Crippen molar-refractivity contribution >= 4 is 23.2 Å². The van der Waals surface area contributed by atoms with Gasteiger partial charge in [-0.3, -0.25) is 4.79 Å². The molecule has 6 heteroatoms. The lowest BCUT2D eigenvalue weighted by molar-refractivity contribution is 0.0781. The van der Waals surface area contributed by atoms with Gasteiger partial charge in [-0.25, -0.2) is 4.39 Å². The van der Waals surface area contributed by atoms with E-state index >= 15 is 0 Å². The quantitative estimate of drug-likeness (QED) is 0.856. The van der Waals surface area contributed by atoms with Crippen molar-refractivity contribution in [2.24, 2.45) is 0 Å². The van der Waals surface area contributed by atoms with E-state index in [1.807, 2.05) is 0 Å². The van der Waals surface area contributed by atoms with Crippen LogP contribution in [0.4, 0.5) is 10.1 Å². The minimum atomic E-state index is -0.591. The number of carbonyl (C=O) groups is 1. The summed E-state index contributed by atoms with van der Waals surface area (Å²) in [5.74, 6) is -1.37. The topological polar surface area (TPSA) is 66.6 Å². The molecule has 0 aliphatic carbocycles. The Hall–Kier alpha value is -2.27. The van der Waals surface area contributed by atoms with E-state index in [1.54, 1.807) is 18.2 Å². The highest BCUT2D eigenvalue weighted by Gasteiger charge is 2.17. The summed E-state index contributed by atoms with van der Waals surface area (Å²) < 4.78 is 13.2. The zero-order valence-electron chi connectivity index (χ0n) is 11.3. The Morgan fingerprint density at radius 3 is 2.76 bits per heavy atom. The van der Waals surface area contributed by atoms with Crippen LogP contribution in [-0.2, 0) is 6.54 Å². The van der Waals surface area contributed by atoms with Gasteiger partial charge in [-0.05, 0) is 42.0 Å². The molecule has 0 atom stereocenters. The third-order valence-corrected chi connectivity index (χ3v) is 3.38. The fourth-order valence-corrected chi connectivity index (χ4v) is 2.11. The Morgan fingerprint density at radius 2 is 2.05 bits per heavy atom. The van der Waals surface area contributed by atoms with Gasteiger partial charge in [0.1, 0.15) is 11.6 Å². The number of rotatable bonds is 3. The molecule has 110 valence electrons. The zero-order chi connectivity index (χ0) is 15.6. The number of phenols is 1. The summed E-state index contributed by atoms with van der Waals surface area (Å²) in [4.78, 5) is 13.6. The Kier molecular flexibility index (Phi) is 4.33. The molecule has 0 radical (unpaired) electrons. The molecule has 0 aliphatic heterocycles. The molecular weight excluding hydrogens is 295 g/mol. The molecule has 0 unspecified atom stereocenters. The van der Waals surface area contributed by atoms with E-state index in [4.69, 9.17) is 17.3 Å². The monoisotopic (exact) mass is 308 g/mol. The molecule has 0 saturated heterocycles. The lowest BCUT2D eigenvalue weighted by Gasteiger charge is -2.19. The predicted octanol–water partition coefficient (Wildman–Crippen LogP) is 3.04. The van der Waals surface area contributed by atoms with Crippen molar-refractivity contribution in [3.8, 4) is 5.75 Å². The van der Waals surface area contributed by atoms with Gasteiger partial charge in [0, 0.05) is 24.3 Å². The number of carbonyl (C=O) groups excluding carboxylic acids is 1. The summed E-state index contributed by atoms with van der Waals surface area (Å²) in [6.45, 7) is 0.193. The van der Waals surface area contributed by atoms with E-state index in [2.05, 4.69) is 0 Å². The summed E-state index contributed by atoms with van der Waals surface area (Å²) in [7, 11) is 1.53. The first-order chi connectivity index (χ1) is 9.88. The Balaban J connectivity index is 2.23. The molecule has 0 spiro atoms. The number of phenolic OH excluding ortho intramolecular Hbond substituents is 1. The molecule has 1 amide bonds. The van der Waals surface area contributed by atoms with Gasteiger partial charge in [-0.2, -0.15) is 0 Å². The Morgan fingerprint density at radius 1 is 1.33 bits per heavy atom. The highest BCUT2D eigenvalue weighted by molar-refractivity contribution is 6.31. The summed E-state index contributed by atoms with van der Waals surface area (Å²) in [5, 5.41) is 10.1. The molecule has 0 heterocycles. The van der Waals surface area contributed by atoms with Gasteiger partial charge in [-0.15, -0.1) is 0 Å². The van der Waals surface area contributed by atoms with E-state index in [-0.39, 0.29) is 17.9 Å². The van der Waals surface area contributed by atoms with Gasteiger partial charge >= 0.3 is 0 Å². The first-order valence-electron chi connectivity index (χ1n) is 6.16. The second-order valence-corrected chi connectivity index (χ2v) is 5.08. The Bertz CT molecular complexity index is 691. The normalized spacial score (nSPS) is 10.4. The maximum Gasteiger partial charge on any atom is 0.257 e. The van der Waals surface area contributed by atoms with Crippen LogP contribution in [0.3, 0.4) is 0 Å². The average Bonchev–Trinajstić information content (AvgIpc) is 2.44. The van der Waals surface area contributed by atoms with Crippen molar-refractivity contribution < 1.29 is 14.3 Å². The summed E-state index contributed by atoms with van der Waals surface area (Å²) in [6, 6.07) is 8.19. The van der Waals surface area contributed by atoms with Gasteiger partial charge in [0.2, 0.25) is 0 Å². The van der Waals surface area contributed by atoms with Gasteiger partial charge in [0.15, 0.2) is 0 Å². The molecule has 2 aromatic carbocycles. The van der Waals surface area contributed by atoms with Crippen LogP contribution in [0, 0.1) is 5.82 Å². The molecule has 0 saturated carbocycles. The second-order valence-electron chi connectivity index (χ2n) is 4.67. The molecule has 0 bridgehead atoms. The maximum absolute atomic E-state index is 13.2. The minimum absolute atomic E-state index is 0.0995. The van der Waals surface area contributed by atoms with Crippen molar-refractivity contribution in [1.82, 2.24) is 4.90 Å². The summed E-state index contributed by atoms with van der Waals surface area (Å²) in [6.07, 6.45) is 0. The third-order valence-electron chi connectivity index (χ3n) is 3.01. The number of amides is 1. The first kappa shape index (κ1) is 15.1. The molecule has 21 heavy (non-hydrogen) atoms. The van der Waals surface area contributed by atoms with Gasteiger partial charge < -0.3 is 15.7 Å². The molecular formula is C15H14ClFN2O2. The summed E-state index contributed by atoms with van der Waals surface area (Å²) >= 11 is 6.04. The lowest BCUT2D eigenvalue weighted by atomic mass is 10.1. The van der Waals surface area contributed by atoms with Crippen LogP contribution < -0.4 is 5.73 Å². The van der Waals surface area contributed by atoms with Crippen molar-refractivity contribution in [3.63, 3.8) is 0 Å². The number of benzene rings is 2. The predicted molar refractivity (Wildman–Crippen MR) is 79.7 cm³/mol. The fraction of sp³-hybridized carbons (Fsp3) is 0.133. The number of aromatic hydroxyl groups is 1. The lowest BCUT2D eigenvalue weighted by Crippen LogP contribution is -2.26. The fourth-order valence-electron chi connectivity index (χ4n) is 1.93. The van der Waals surface area contributed by atoms with E-state index < -0.39 is 11.7 Å². The molecule has 0 fully saturated rings. The number of hydrogen-bond acceptors (Lipinski definition) is 3. The number of nitrogens with zero attached hydrogens (tertiary/aromatic N) is 1. The average molecular weight is 309 g/mol. The van der Waals surface area contributed by atoms with Crippen LogP contribution in [0.1, 0.15) is 15.9 Å². The van der Waals surface area contributed by atoms with Crippen LogP contribution in [0.15, 0.2) is 36.4 Å². The van der Waals surface area contributed by atoms with Crippen LogP contribution >= 0.6 is 11.6 Å². The van der Waals surface area contributed by atoms with Crippen molar-refractivity contribution in [2.45, 2.75) is 6.54 Å². The van der Waals surface area contributed by atoms with Crippen LogP contribution in [0.2, 0.25) is 5.02 Å². The van der Waals surface area contributed by atoms with Crippen LogP contribution in [0.25, 0.3) is 0 Å². The molecule has 4 nitrogen and oxygen atoms in total. The van der Waals surface area contributed by atoms with Crippen molar-refractivity contribution in [2.75, 3.05) is 12.8 Å². The van der Waals surface area contributed by atoms with Crippen molar-refractivity contribution in [3.05, 3.63) is 58.4 Å². The minimum Gasteiger partial charge on any atom is -0.507 e. The Labute approximate surface area is 126 Å². The van der Waals surface area contributed by atoms with Crippen LogP contribution in [0.5, 0.6) is 5.75 Å². The molecule has 3 N–H and O–H groups in total. The molecule has 0 aromatic heterocycles. The van der Waals surface area contributed by atoms with Gasteiger partial charge in [0.05, 0.1) is 5.56 Å². The maximum atomic E-state index is 13.2. The highest BCUT2D eigenvalue weighted by Crippen LogP contribution is 2.23. The summed E-state index contributed by atoms with van der Waals surface area (Å²) in [5.41, 5.74) is 6.78. The SMILES string of the molecule is CN(Cc1cc(N)ccc1Cl)C(=O)c1cc(F)ccc1O. The number of nitrogen functional groups attached to an aromatic ring is 1. The second kappa shape index (κ2) is 6.01. The molecule has 2 rings (SSSR count). The largest absolute Gasteiger partial charge is 0.507 e. The highest BCUT2D eigenvalue weighted by atomic mass is 35.5. The van der Waals surface area contributed by atoms with Gasteiger partial charge in [-0.1, -0.05) is 11.6 Å². The van der Waals surface area contributed by atoms with Crippen LogP contribution in [-0.4, -0.2) is 23.0 Å².